The summed E-state index contributed by atoms with van der Waals surface area (Å²) in [5.41, 5.74) is -0.903. The summed E-state index contributed by atoms with van der Waals surface area (Å²) < 4.78 is 40.3. The van der Waals surface area contributed by atoms with Gasteiger partial charge in [-0.2, -0.15) is 13.2 Å². The molecule has 0 unspecified atom stereocenters. The number of carbonyl (C=O) groups excluding carboxylic acids is 1. The maximum absolute atomic E-state index is 13.4. The number of alkyl halides is 3. The van der Waals surface area contributed by atoms with Gasteiger partial charge in [-0.3, -0.25) is 19.9 Å². The Morgan fingerprint density at radius 1 is 1.15 bits per heavy atom. The van der Waals surface area contributed by atoms with Crippen molar-refractivity contribution in [2.45, 2.75) is 25.1 Å². The highest BCUT2D eigenvalue weighted by atomic mass is 19.4. The summed E-state index contributed by atoms with van der Waals surface area (Å²) in [4.78, 5) is 29.8. The number of rotatable bonds is 5. The monoisotopic (exact) mass is 473 g/mol. The fourth-order valence-corrected chi connectivity index (χ4v) is 4.02. The SMILES string of the molecule is CN1CCC(NC(=O)c2ccc([N+](=O)[O-])cc2Nc2ccnc3c(C(F)(F)F)cccc23)CC1. The highest BCUT2D eigenvalue weighted by molar-refractivity contribution is 6.03. The number of hydrogen-bond donors (Lipinski definition) is 2. The van der Waals surface area contributed by atoms with Gasteiger partial charge in [0.15, 0.2) is 0 Å². The Bertz CT molecular complexity index is 1240. The first kappa shape index (κ1) is 23.4. The number of piperidine rings is 1. The zero-order valence-electron chi connectivity index (χ0n) is 18.2. The summed E-state index contributed by atoms with van der Waals surface area (Å²) in [6.07, 6.45) is -1.84. The second-order valence-corrected chi connectivity index (χ2v) is 8.22. The van der Waals surface area contributed by atoms with Crippen molar-refractivity contribution in [2.24, 2.45) is 0 Å². The molecule has 2 N–H and O–H groups in total. The average molecular weight is 473 g/mol. The Labute approximate surface area is 192 Å². The maximum Gasteiger partial charge on any atom is 0.418 e. The van der Waals surface area contributed by atoms with Crippen LogP contribution in [0.4, 0.5) is 30.2 Å². The molecule has 0 spiro atoms. The van der Waals surface area contributed by atoms with Crippen molar-refractivity contribution >= 4 is 33.9 Å². The lowest BCUT2D eigenvalue weighted by atomic mass is 10.0. The zero-order valence-corrected chi connectivity index (χ0v) is 18.2. The quantitative estimate of drug-likeness (QED) is 0.411. The van der Waals surface area contributed by atoms with E-state index in [1.54, 1.807) is 0 Å². The first-order valence-corrected chi connectivity index (χ1v) is 10.6. The van der Waals surface area contributed by atoms with E-state index >= 15 is 0 Å². The molecule has 0 bridgehead atoms. The number of anilines is 2. The minimum absolute atomic E-state index is 0.0390. The van der Waals surface area contributed by atoms with Gasteiger partial charge in [-0.1, -0.05) is 12.1 Å². The molecule has 3 aromatic rings. The third-order valence-electron chi connectivity index (χ3n) is 5.86. The molecule has 1 aliphatic heterocycles. The van der Waals surface area contributed by atoms with Crippen LogP contribution >= 0.6 is 0 Å². The van der Waals surface area contributed by atoms with Crippen LogP contribution in [0.3, 0.4) is 0 Å². The summed E-state index contributed by atoms with van der Waals surface area (Å²) in [6.45, 7) is 1.67. The Kier molecular flexibility index (Phi) is 6.38. The molecule has 1 saturated heterocycles. The van der Waals surface area contributed by atoms with Gasteiger partial charge in [-0.25, -0.2) is 0 Å². The van der Waals surface area contributed by atoms with Crippen molar-refractivity contribution in [3.63, 3.8) is 0 Å². The number of fused-ring (bicyclic) bond motifs is 1. The number of nitrogens with one attached hydrogen (secondary N) is 2. The molecule has 1 aliphatic rings. The number of benzene rings is 2. The number of likely N-dealkylation sites (tertiary alicyclic amines) is 1. The predicted molar refractivity (Wildman–Crippen MR) is 121 cm³/mol. The number of aromatic nitrogens is 1. The van der Waals surface area contributed by atoms with Crippen molar-refractivity contribution in [3.05, 3.63) is 69.9 Å². The van der Waals surface area contributed by atoms with Gasteiger partial charge in [0.25, 0.3) is 11.6 Å². The van der Waals surface area contributed by atoms with Gasteiger partial charge in [0.2, 0.25) is 0 Å². The number of pyridine rings is 1. The lowest BCUT2D eigenvalue weighted by molar-refractivity contribution is -0.384. The molecule has 11 heteroatoms. The minimum Gasteiger partial charge on any atom is -0.354 e. The molecule has 0 atom stereocenters. The van der Waals surface area contributed by atoms with Gasteiger partial charge < -0.3 is 15.5 Å². The van der Waals surface area contributed by atoms with Crippen molar-refractivity contribution in [3.8, 4) is 0 Å². The van der Waals surface area contributed by atoms with E-state index < -0.39 is 22.6 Å². The molecule has 1 amide bonds. The number of non-ortho nitro benzene ring substituents is 1. The van der Waals surface area contributed by atoms with Crippen LogP contribution in [0.1, 0.15) is 28.8 Å². The van der Waals surface area contributed by atoms with E-state index in [1.807, 2.05) is 7.05 Å². The van der Waals surface area contributed by atoms with Crippen LogP contribution < -0.4 is 10.6 Å². The van der Waals surface area contributed by atoms with E-state index in [9.17, 15) is 28.1 Å². The molecule has 34 heavy (non-hydrogen) atoms. The van der Waals surface area contributed by atoms with E-state index in [4.69, 9.17) is 0 Å². The highest BCUT2D eigenvalue weighted by Gasteiger charge is 2.33. The molecule has 4 rings (SSSR count). The fraction of sp³-hybridized carbons (Fsp3) is 0.304. The lowest BCUT2D eigenvalue weighted by Crippen LogP contribution is -2.43. The molecule has 2 aromatic carbocycles. The van der Waals surface area contributed by atoms with Gasteiger partial charge in [0, 0.05) is 35.4 Å². The summed E-state index contributed by atoms with van der Waals surface area (Å²) in [7, 11) is 2.00. The molecular formula is C23H22F3N5O3. The molecule has 1 aromatic heterocycles. The first-order valence-electron chi connectivity index (χ1n) is 10.6. The Morgan fingerprint density at radius 2 is 1.88 bits per heavy atom. The van der Waals surface area contributed by atoms with Gasteiger partial charge in [0.05, 0.1) is 27.3 Å². The van der Waals surface area contributed by atoms with Crippen molar-refractivity contribution in [1.82, 2.24) is 15.2 Å². The summed E-state index contributed by atoms with van der Waals surface area (Å²) in [5.74, 6) is -0.415. The molecule has 2 heterocycles. The van der Waals surface area contributed by atoms with E-state index in [2.05, 4.69) is 20.5 Å². The van der Waals surface area contributed by atoms with E-state index in [1.165, 1.54) is 42.6 Å². The van der Waals surface area contributed by atoms with Gasteiger partial charge in [0.1, 0.15) is 0 Å². The van der Waals surface area contributed by atoms with Crippen molar-refractivity contribution < 1.29 is 22.9 Å². The standard InChI is InChI=1S/C23H22F3N5O3/c1-30-11-8-14(9-12-30)28-22(32)17-6-5-15(31(33)34)13-20(17)29-19-7-10-27-21-16(19)3-2-4-18(21)23(24,25)26/h2-7,10,13-14H,8-9,11-12H2,1H3,(H,27,29)(H,28,32). The smallest absolute Gasteiger partial charge is 0.354 e. The Hall–Kier alpha value is -3.73. The summed E-state index contributed by atoms with van der Waals surface area (Å²) >= 11 is 0. The van der Waals surface area contributed by atoms with E-state index in [0.29, 0.717) is 0 Å². The number of para-hydroxylation sites is 1. The Morgan fingerprint density at radius 3 is 2.56 bits per heavy atom. The van der Waals surface area contributed by atoms with Crippen LogP contribution in [0.25, 0.3) is 10.9 Å². The number of amides is 1. The number of nitro benzene ring substituents is 1. The van der Waals surface area contributed by atoms with Crippen LogP contribution in [0.2, 0.25) is 0 Å². The highest BCUT2D eigenvalue weighted by Crippen LogP contribution is 2.37. The Balaban J connectivity index is 1.71. The molecular weight excluding hydrogens is 451 g/mol. The summed E-state index contributed by atoms with van der Waals surface area (Å²) in [6, 6.07) is 8.85. The number of hydrogen-bond acceptors (Lipinski definition) is 6. The molecule has 8 nitrogen and oxygen atoms in total. The van der Waals surface area contributed by atoms with Gasteiger partial charge >= 0.3 is 6.18 Å². The predicted octanol–water partition coefficient (Wildman–Crippen LogP) is 4.73. The summed E-state index contributed by atoms with van der Waals surface area (Å²) in [5, 5.41) is 17.4. The van der Waals surface area contributed by atoms with Crippen LogP contribution in [0.5, 0.6) is 0 Å². The lowest BCUT2D eigenvalue weighted by Gasteiger charge is -2.29. The van der Waals surface area contributed by atoms with Crippen molar-refractivity contribution in [1.29, 1.82) is 0 Å². The largest absolute Gasteiger partial charge is 0.418 e. The second kappa shape index (κ2) is 9.26. The first-order chi connectivity index (χ1) is 16.1. The number of nitro groups is 1. The third kappa shape index (κ3) is 4.93. The molecule has 1 fully saturated rings. The minimum atomic E-state index is -4.60. The third-order valence-corrected chi connectivity index (χ3v) is 5.86. The number of carbonyl (C=O) groups is 1. The normalized spacial score (nSPS) is 15.3. The van der Waals surface area contributed by atoms with Crippen LogP contribution in [-0.4, -0.2) is 46.9 Å². The molecule has 0 radical (unpaired) electrons. The second-order valence-electron chi connectivity index (χ2n) is 8.22. The maximum atomic E-state index is 13.4. The zero-order chi connectivity index (χ0) is 24.5. The van der Waals surface area contributed by atoms with Crippen LogP contribution in [0.15, 0.2) is 48.7 Å². The van der Waals surface area contributed by atoms with E-state index in [0.717, 1.165) is 32.0 Å². The van der Waals surface area contributed by atoms with Crippen LogP contribution in [0, 0.1) is 10.1 Å². The van der Waals surface area contributed by atoms with Crippen LogP contribution in [-0.2, 0) is 6.18 Å². The topological polar surface area (TPSA) is 100 Å². The molecule has 0 saturated carbocycles. The molecule has 178 valence electrons. The van der Waals surface area contributed by atoms with Gasteiger partial charge in [-0.05, 0) is 51.2 Å². The van der Waals surface area contributed by atoms with E-state index in [-0.39, 0.29) is 39.6 Å². The van der Waals surface area contributed by atoms with Gasteiger partial charge in [-0.15, -0.1) is 0 Å². The van der Waals surface area contributed by atoms with Crippen molar-refractivity contribution in [2.75, 3.05) is 25.5 Å². The number of nitrogens with zero attached hydrogens (tertiary/aromatic N) is 3. The number of halogens is 3. The molecule has 0 aliphatic carbocycles. The average Bonchev–Trinajstić information content (AvgIpc) is 2.79. The fourth-order valence-electron chi connectivity index (χ4n) is 4.02.